The minimum absolute atomic E-state index is 0.0224. The van der Waals surface area contributed by atoms with Gasteiger partial charge in [0, 0.05) is 24.2 Å². The lowest BCUT2D eigenvalue weighted by Crippen LogP contribution is -2.57. The minimum Gasteiger partial charge on any atom is -0.323 e. The van der Waals surface area contributed by atoms with Gasteiger partial charge in [0.05, 0.1) is 11.3 Å². The fourth-order valence-corrected chi connectivity index (χ4v) is 3.36. The molecule has 0 unspecified atom stereocenters. The molecule has 1 aromatic carbocycles. The zero-order chi connectivity index (χ0) is 18.3. The average Bonchev–Trinajstić information content (AvgIpc) is 3.39. The molecule has 1 saturated carbocycles. The van der Waals surface area contributed by atoms with Gasteiger partial charge in [-0.2, -0.15) is 10.4 Å². The monoisotopic (exact) mass is 349 g/mol. The Bertz CT molecular complexity index is 909. The third-order valence-corrected chi connectivity index (χ3v) is 5.00. The van der Waals surface area contributed by atoms with E-state index in [1.807, 2.05) is 6.92 Å². The van der Waals surface area contributed by atoms with Crippen molar-refractivity contribution >= 4 is 17.5 Å². The molecule has 1 saturated heterocycles. The molecule has 1 aliphatic heterocycles. The predicted molar refractivity (Wildman–Crippen MR) is 94.6 cm³/mol. The van der Waals surface area contributed by atoms with Crippen LogP contribution in [-0.2, 0) is 4.79 Å². The summed E-state index contributed by atoms with van der Waals surface area (Å²) in [4.78, 5) is 28.6. The molecular weight excluding hydrogens is 330 g/mol. The van der Waals surface area contributed by atoms with E-state index < -0.39 is 0 Å². The van der Waals surface area contributed by atoms with Crippen molar-refractivity contribution in [3.8, 4) is 6.07 Å². The summed E-state index contributed by atoms with van der Waals surface area (Å²) in [6, 6.07) is 10.8. The van der Waals surface area contributed by atoms with E-state index in [9.17, 15) is 14.9 Å². The van der Waals surface area contributed by atoms with Crippen molar-refractivity contribution in [3.05, 3.63) is 47.3 Å². The number of piperazine rings is 1. The van der Waals surface area contributed by atoms with Gasteiger partial charge >= 0.3 is 0 Å². The van der Waals surface area contributed by atoms with E-state index >= 15 is 0 Å². The molecule has 1 atom stereocenters. The van der Waals surface area contributed by atoms with Crippen LogP contribution in [0.25, 0.3) is 0 Å². The molecular formula is C19H19N5O2. The van der Waals surface area contributed by atoms with Crippen molar-refractivity contribution in [1.29, 1.82) is 5.26 Å². The first kappa shape index (κ1) is 16.3. The Balaban J connectivity index is 1.53. The summed E-state index contributed by atoms with van der Waals surface area (Å²) >= 11 is 0. The minimum atomic E-state index is -0.234. The van der Waals surface area contributed by atoms with Crippen LogP contribution in [0.15, 0.2) is 30.3 Å². The number of benzene rings is 1. The van der Waals surface area contributed by atoms with Crippen LogP contribution in [0.1, 0.15) is 47.4 Å². The number of anilines is 1. The predicted octanol–water partition coefficient (Wildman–Crippen LogP) is 2.04. The summed E-state index contributed by atoms with van der Waals surface area (Å²) in [5, 5.41) is 16.3. The van der Waals surface area contributed by atoms with Crippen molar-refractivity contribution in [2.24, 2.45) is 0 Å². The number of carbonyl (C=O) groups excluding carboxylic acids is 2. The van der Waals surface area contributed by atoms with Crippen LogP contribution in [-0.4, -0.2) is 46.0 Å². The highest BCUT2D eigenvalue weighted by atomic mass is 16.2. The number of aromatic amines is 1. The highest BCUT2D eigenvalue weighted by Crippen LogP contribution is 2.39. The third kappa shape index (κ3) is 2.84. The second-order valence-corrected chi connectivity index (χ2v) is 6.90. The Kier molecular flexibility index (Phi) is 3.96. The maximum Gasteiger partial charge on any atom is 0.275 e. The number of amides is 2. The van der Waals surface area contributed by atoms with Gasteiger partial charge in [-0.05, 0) is 38.0 Å². The number of aromatic nitrogens is 2. The van der Waals surface area contributed by atoms with E-state index in [-0.39, 0.29) is 24.4 Å². The lowest BCUT2D eigenvalue weighted by atomic mass is 10.1. The van der Waals surface area contributed by atoms with Gasteiger partial charge in [0.1, 0.15) is 18.3 Å². The summed E-state index contributed by atoms with van der Waals surface area (Å²) in [5.74, 6) is 0.0572. The molecule has 0 radical (unpaired) electrons. The Labute approximate surface area is 151 Å². The summed E-state index contributed by atoms with van der Waals surface area (Å²) in [7, 11) is 0. The number of nitrogens with one attached hydrogen (secondary N) is 1. The van der Waals surface area contributed by atoms with E-state index in [1.165, 1.54) is 0 Å². The molecule has 26 heavy (non-hydrogen) atoms. The standard InChI is InChI=1S/C19H19N5O2/c1-12-10-24(17-5-3-2-4-14(17)9-20)18(25)11-23(12)19(26)16-8-15(21-22-16)13-6-7-13/h2-5,8,12-13H,6-7,10-11H2,1H3,(H,21,22)/t12-/m1/s1. The molecule has 2 aliphatic rings. The number of carbonyl (C=O) groups is 2. The maximum atomic E-state index is 12.8. The van der Waals surface area contributed by atoms with Crippen LogP contribution in [0.4, 0.5) is 5.69 Å². The normalized spacial score (nSPS) is 20.2. The number of hydrogen-bond acceptors (Lipinski definition) is 4. The van der Waals surface area contributed by atoms with Crippen LogP contribution in [0.2, 0.25) is 0 Å². The second-order valence-electron chi connectivity index (χ2n) is 6.90. The lowest BCUT2D eigenvalue weighted by molar-refractivity contribution is -0.121. The van der Waals surface area contributed by atoms with Gasteiger partial charge in [-0.3, -0.25) is 14.7 Å². The number of hydrogen-bond donors (Lipinski definition) is 1. The van der Waals surface area contributed by atoms with Crippen LogP contribution in [0, 0.1) is 11.3 Å². The van der Waals surface area contributed by atoms with Crippen molar-refractivity contribution in [2.45, 2.75) is 31.7 Å². The number of rotatable bonds is 3. The SMILES string of the molecule is C[C@@H]1CN(c2ccccc2C#N)C(=O)CN1C(=O)c1cc(C2CC2)[nH]n1. The van der Waals surface area contributed by atoms with Gasteiger partial charge in [-0.1, -0.05) is 12.1 Å². The smallest absolute Gasteiger partial charge is 0.275 e. The first-order chi connectivity index (χ1) is 12.6. The summed E-state index contributed by atoms with van der Waals surface area (Å²) in [6.07, 6.45) is 2.25. The highest BCUT2D eigenvalue weighted by Gasteiger charge is 2.36. The van der Waals surface area contributed by atoms with Gasteiger partial charge in [0.15, 0.2) is 0 Å². The van der Waals surface area contributed by atoms with E-state index in [0.29, 0.717) is 29.4 Å². The van der Waals surface area contributed by atoms with Crippen LogP contribution >= 0.6 is 0 Å². The first-order valence-electron chi connectivity index (χ1n) is 8.74. The zero-order valence-corrected chi connectivity index (χ0v) is 14.5. The van der Waals surface area contributed by atoms with Crippen molar-refractivity contribution in [3.63, 3.8) is 0 Å². The molecule has 1 aromatic heterocycles. The molecule has 1 aliphatic carbocycles. The Hall–Kier alpha value is -3.14. The number of H-pyrrole nitrogens is 1. The topological polar surface area (TPSA) is 93.1 Å². The molecule has 4 rings (SSSR count). The van der Waals surface area contributed by atoms with Crippen molar-refractivity contribution < 1.29 is 9.59 Å². The van der Waals surface area contributed by atoms with Gasteiger partial charge in [0.2, 0.25) is 5.91 Å². The lowest BCUT2D eigenvalue weighted by Gasteiger charge is -2.39. The Morgan fingerprint density at radius 1 is 1.35 bits per heavy atom. The molecule has 7 heteroatoms. The van der Waals surface area contributed by atoms with E-state index in [4.69, 9.17) is 0 Å². The van der Waals surface area contributed by atoms with Gasteiger partial charge in [0.25, 0.3) is 5.91 Å². The van der Waals surface area contributed by atoms with Gasteiger partial charge in [-0.15, -0.1) is 0 Å². The van der Waals surface area contributed by atoms with Crippen LogP contribution in [0.3, 0.4) is 0 Å². The third-order valence-electron chi connectivity index (χ3n) is 5.00. The van der Waals surface area contributed by atoms with E-state index in [2.05, 4.69) is 16.3 Å². The number of para-hydroxylation sites is 1. The molecule has 2 fully saturated rings. The second kappa shape index (κ2) is 6.30. The van der Waals surface area contributed by atoms with Gasteiger partial charge in [-0.25, -0.2) is 0 Å². The molecule has 2 amide bonds. The summed E-state index contributed by atoms with van der Waals surface area (Å²) < 4.78 is 0. The Morgan fingerprint density at radius 2 is 2.12 bits per heavy atom. The quantitative estimate of drug-likeness (QED) is 0.917. The van der Waals surface area contributed by atoms with E-state index in [0.717, 1.165) is 18.5 Å². The number of nitriles is 1. The number of nitrogens with zero attached hydrogens (tertiary/aromatic N) is 4. The van der Waals surface area contributed by atoms with Crippen LogP contribution in [0.5, 0.6) is 0 Å². The summed E-state index contributed by atoms with van der Waals surface area (Å²) in [5.41, 5.74) is 2.40. The van der Waals surface area contributed by atoms with E-state index in [1.54, 1.807) is 40.1 Å². The molecule has 7 nitrogen and oxygen atoms in total. The zero-order valence-electron chi connectivity index (χ0n) is 14.5. The molecule has 0 bridgehead atoms. The van der Waals surface area contributed by atoms with Crippen molar-refractivity contribution in [2.75, 3.05) is 18.0 Å². The fraction of sp³-hybridized carbons (Fsp3) is 0.368. The molecule has 2 aromatic rings. The molecule has 0 spiro atoms. The van der Waals surface area contributed by atoms with Crippen LogP contribution < -0.4 is 4.90 Å². The summed E-state index contributed by atoms with van der Waals surface area (Å²) in [6.45, 7) is 2.23. The average molecular weight is 349 g/mol. The fourth-order valence-electron chi connectivity index (χ4n) is 3.36. The highest BCUT2D eigenvalue weighted by molar-refractivity contribution is 6.02. The van der Waals surface area contributed by atoms with Gasteiger partial charge < -0.3 is 9.80 Å². The first-order valence-corrected chi connectivity index (χ1v) is 8.74. The largest absolute Gasteiger partial charge is 0.323 e. The van der Waals surface area contributed by atoms with Crippen molar-refractivity contribution in [1.82, 2.24) is 15.1 Å². The Morgan fingerprint density at radius 3 is 2.85 bits per heavy atom. The maximum absolute atomic E-state index is 12.8. The molecule has 2 heterocycles. The molecule has 132 valence electrons. The molecule has 1 N–H and O–H groups in total.